The van der Waals surface area contributed by atoms with Crippen molar-refractivity contribution in [1.29, 1.82) is 0 Å². The highest BCUT2D eigenvalue weighted by Crippen LogP contribution is 2.08. The van der Waals surface area contributed by atoms with E-state index in [4.69, 9.17) is 12.2 Å². The van der Waals surface area contributed by atoms with Gasteiger partial charge in [0.1, 0.15) is 4.64 Å². The first-order valence-corrected chi connectivity index (χ1v) is 5.68. The Labute approximate surface area is 91.3 Å². The minimum atomic E-state index is 0.632. The van der Waals surface area contributed by atoms with Crippen LogP contribution in [0.4, 0.5) is 0 Å². The maximum absolute atomic E-state index is 5.28. The second kappa shape index (κ2) is 4.78. The first-order valence-electron chi connectivity index (χ1n) is 5.27. The van der Waals surface area contributed by atoms with E-state index in [-0.39, 0.29) is 0 Å². The summed E-state index contributed by atoms with van der Waals surface area (Å²) in [6.07, 6.45) is 1.08. The molecule has 0 atom stereocenters. The Balaban J connectivity index is 2.77. The molecule has 2 nitrogen and oxygen atoms in total. The van der Waals surface area contributed by atoms with E-state index >= 15 is 0 Å². The standard InChI is InChI=1S/C11H20N2S/c1-8(2)5-10-6-11(14)13(12-10)7-9(3)4/h6,8-9,12H,5,7H2,1-4H3. The zero-order valence-electron chi connectivity index (χ0n) is 9.50. The molecule has 1 aromatic rings. The molecule has 1 heterocycles. The van der Waals surface area contributed by atoms with E-state index in [0.29, 0.717) is 11.8 Å². The van der Waals surface area contributed by atoms with Crippen LogP contribution in [0.1, 0.15) is 33.4 Å². The van der Waals surface area contributed by atoms with Crippen LogP contribution in [-0.4, -0.2) is 9.78 Å². The van der Waals surface area contributed by atoms with Gasteiger partial charge in [0.15, 0.2) is 0 Å². The maximum atomic E-state index is 5.28. The Morgan fingerprint density at radius 1 is 1.29 bits per heavy atom. The van der Waals surface area contributed by atoms with E-state index < -0.39 is 0 Å². The number of nitrogens with one attached hydrogen (secondary N) is 1. The van der Waals surface area contributed by atoms with Crippen molar-refractivity contribution >= 4 is 12.2 Å². The smallest absolute Gasteiger partial charge is 0.122 e. The minimum Gasteiger partial charge on any atom is -0.302 e. The predicted molar refractivity (Wildman–Crippen MR) is 63.0 cm³/mol. The van der Waals surface area contributed by atoms with Gasteiger partial charge in [0, 0.05) is 12.2 Å². The molecule has 0 aromatic carbocycles. The van der Waals surface area contributed by atoms with Gasteiger partial charge in [0.05, 0.1) is 0 Å². The monoisotopic (exact) mass is 212 g/mol. The van der Waals surface area contributed by atoms with Gasteiger partial charge in [-0.3, -0.25) is 4.68 Å². The summed E-state index contributed by atoms with van der Waals surface area (Å²) in [4.78, 5) is 0. The molecule has 0 radical (unpaired) electrons. The molecule has 14 heavy (non-hydrogen) atoms. The van der Waals surface area contributed by atoms with Crippen LogP contribution in [0.3, 0.4) is 0 Å². The fraction of sp³-hybridized carbons (Fsp3) is 0.727. The maximum Gasteiger partial charge on any atom is 0.122 e. The van der Waals surface area contributed by atoms with E-state index in [1.807, 2.05) is 0 Å². The van der Waals surface area contributed by atoms with Crippen LogP contribution in [0.25, 0.3) is 0 Å². The highest BCUT2D eigenvalue weighted by Gasteiger charge is 2.03. The lowest BCUT2D eigenvalue weighted by molar-refractivity contribution is 0.473. The van der Waals surface area contributed by atoms with E-state index in [1.165, 1.54) is 5.69 Å². The van der Waals surface area contributed by atoms with Crippen LogP contribution in [0, 0.1) is 16.5 Å². The van der Waals surface area contributed by atoms with Crippen LogP contribution >= 0.6 is 12.2 Å². The van der Waals surface area contributed by atoms with Gasteiger partial charge in [0.25, 0.3) is 0 Å². The Bertz CT molecular complexity index is 333. The van der Waals surface area contributed by atoms with Crippen LogP contribution in [-0.2, 0) is 13.0 Å². The molecule has 80 valence electrons. The van der Waals surface area contributed by atoms with Gasteiger partial charge in [-0.1, -0.05) is 39.9 Å². The molecule has 0 fully saturated rings. The van der Waals surface area contributed by atoms with Crippen molar-refractivity contribution in [3.05, 3.63) is 16.4 Å². The minimum absolute atomic E-state index is 0.632. The molecule has 0 saturated carbocycles. The van der Waals surface area contributed by atoms with E-state index in [2.05, 4.69) is 43.5 Å². The molecule has 3 heteroatoms. The molecule has 0 aliphatic heterocycles. The Hall–Kier alpha value is -0.570. The first-order chi connectivity index (χ1) is 6.49. The molecule has 0 saturated heterocycles. The van der Waals surface area contributed by atoms with E-state index in [9.17, 15) is 0 Å². The largest absolute Gasteiger partial charge is 0.302 e. The molecule has 0 spiro atoms. The molecule has 0 unspecified atom stereocenters. The number of nitrogens with zero attached hydrogens (tertiary/aromatic N) is 1. The molecule has 0 aliphatic carbocycles. The zero-order valence-corrected chi connectivity index (χ0v) is 10.3. The Kier molecular flexibility index (Phi) is 3.93. The molecule has 0 bridgehead atoms. The second-order valence-electron chi connectivity index (χ2n) is 4.72. The number of aromatic amines is 1. The van der Waals surface area contributed by atoms with Crippen LogP contribution in [0.15, 0.2) is 6.07 Å². The highest BCUT2D eigenvalue weighted by molar-refractivity contribution is 7.71. The molecular weight excluding hydrogens is 192 g/mol. The van der Waals surface area contributed by atoms with Crippen molar-refractivity contribution in [3.8, 4) is 0 Å². The third kappa shape index (κ3) is 3.29. The summed E-state index contributed by atoms with van der Waals surface area (Å²) in [6, 6.07) is 2.08. The fourth-order valence-electron chi connectivity index (χ4n) is 1.53. The highest BCUT2D eigenvalue weighted by atomic mass is 32.1. The number of hydrogen-bond acceptors (Lipinski definition) is 1. The molecule has 1 aromatic heterocycles. The average molecular weight is 212 g/mol. The van der Waals surface area contributed by atoms with Crippen molar-refractivity contribution in [2.45, 2.75) is 40.7 Å². The van der Waals surface area contributed by atoms with Crippen molar-refractivity contribution in [1.82, 2.24) is 9.78 Å². The lowest BCUT2D eigenvalue weighted by Crippen LogP contribution is -2.07. The predicted octanol–water partition coefficient (Wildman–Crippen LogP) is 3.40. The molecular formula is C11H20N2S. The quantitative estimate of drug-likeness (QED) is 0.759. The topological polar surface area (TPSA) is 20.7 Å². The molecule has 1 rings (SSSR count). The first kappa shape index (κ1) is 11.5. The molecule has 0 amide bonds. The van der Waals surface area contributed by atoms with Gasteiger partial charge in [0.2, 0.25) is 0 Å². The summed E-state index contributed by atoms with van der Waals surface area (Å²) in [5, 5.41) is 3.36. The van der Waals surface area contributed by atoms with Crippen LogP contribution in [0.5, 0.6) is 0 Å². The lowest BCUT2D eigenvalue weighted by atomic mass is 10.1. The van der Waals surface area contributed by atoms with Crippen molar-refractivity contribution in [2.24, 2.45) is 11.8 Å². The van der Waals surface area contributed by atoms with Crippen molar-refractivity contribution < 1.29 is 0 Å². The Morgan fingerprint density at radius 2 is 1.93 bits per heavy atom. The number of aromatic nitrogens is 2. The van der Waals surface area contributed by atoms with Gasteiger partial charge in [-0.2, -0.15) is 0 Å². The van der Waals surface area contributed by atoms with Gasteiger partial charge in [-0.15, -0.1) is 0 Å². The number of hydrogen-bond donors (Lipinski definition) is 1. The van der Waals surface area contributed by atoms with Gasteiger partial charge in [-0.25, -0.2) is 0 Å². The van der Waals surface area contributed by atoms with Gasteiger partial charge < -0.3 is 5.10 Å². The molecule has 0 aliphatic rings. The number of H-pyrrole nitrogens is 1. The third-order valence-corrected chi connectivity index (χ3v) is 2.36. The second-order valence-corrected chi connectivity index (χ2v) is 5.14. The fourth-order valence-corrected chi connectivity index (χ4v) is 1.80. The van der Waals surface area contributed by atoms with Gasteiger partial charge >= 0.3 is 0 Å². The molecule has 1 N–H and O–H groups in total. The normalized spacial score (nSPS) is 11.6. The summed E-state index contributed by atoms with van der Waals surface area (Å²) in [5.41, 5.74) is 1.26. The summed E-state index contributed by atoms with van der Waals surface area (Å²) in [5.74, 6) is 1.31. The lowest BCUT2D eigenvalue weighted by Gasteiger charge is -2.06. The van der Waals surface area contributed by atoms with E-state index in [0.717, 1.165) is 17.6 Å². The van der Waals surface area contributed by atoms with Crippen molar-refractivity contribution in [3.63, 3.8) is 0 Å². The summed E-state index contributed by atoms with van der Waals surface area (Å²) in [7, 11) is 0. The average Bonchev–Trinajstić information content (AvgIpc) is 2.28. The van der Waals surface area contributed by atoms with Crippen LogP contribution < -0.4 is 0 Å². The summed E-state index contributed by atoms with van der Waals surface area (Å²) in [6.45, 7) is 9.82. The zero-order chi connectivity index (χ0) is 10.7. The third-order valence-electron chi connectivity index (χ3n) is 2.02. The Morgan fingerprint density at radius 3 is 2.43 bits per heavy atom. The van der Waals surface area contributed by atoms with E-state index in [1.54, 1.807) is 0 Å². The SMILES string of the molecule is CC(C)Cc1cc(=S)n(CC(C)C)[nH]1. The number of rotatable bonds is 4. The van der Waals surface area contributed by atoms with Gasteiger partial charge in [-0.05, 0) is 24.3 Å². The summed E-state index contributed by atoms with van der Waals surface area (Å²) >= 11 is 5.28. The van der Waals surface area contributed by atoms with Crippen LogP contribution in [0.2, 0.25) is 0 Å². The summed E-state index contributed by atoms with van der Waals surface area (Å²) < 4.78 is 2.99. The van der Waals surface area contributed by atoms with Crippen molar-refractivity contribution in [2.75, 3.05) is 0 Å².